The highest BCUT2D eigenvalue weighted by Crippen LogP contribution is 2.27. The maximum absolute atomic E-state index is 12.9. The second-order valence-electron chi connectivity index (χ2n) is 7.36. The summed E-state index contributed by atoms with van der Waals surface area (Å²) >= 11 is 0. The van der Waals surface area contributed by atoms with Gasteiger partial charge < -0.3 is 10.2 Å². The molecule has 2 aromatic rings. The Balaban J connectivity index is 1.62. The summed E-state index contributed by atoms with van der Waals surface area (Å²) in [4.78, 5) is 26.6. The molecule has 0 spiro atoms. The zero-order valence-electron chi connectivity index (χ0n) is 16.6. The molecule has 1 saturated heterocycles. The highest BCUT2D eigenvalue weighted by molar-refractivity contribution is 5.85. The van der Waals surface area contributed by atoms with E-state index in [1.807, 2.05) is 24.8 Å². The first-order valence-corrected chi connectivity index (χ1v) is 9.69. The van der Waals surface area contributed by atoms with E-state index < -0.39 is 0 Å². The average Bonchev–Trinajstić information content (AvgIpc) is 3.04. The van der Waals surface area contributed by atoms with E-state index in [1.54, 1.807) is 4.57 Å². The van der Waals surface area contributed by atoms with Crippen molar-refractivity contribution in [2.24, 2.45) is 0 Å². The predicted molar refractivity (Wildman–Crippen MR) is 106 cm³/mol. The van der Waals surface area contributed by atoms with E-state index >= 15 is 0 Å². The van der Waals surface area contributed by atoms with E-state index in [9.17, 15) is 9.59 Å². The van der Waals surface area contributed by atoms with Crippen LogP contribution in [0.15, 0.2) is 23.0 Å². The molecule has 146 valence electrons. The number of nitrogens with one attached hydrogen (secondary N) is 2. The molecule has 1 atom stereocenters. The number of H-pyrrole nitrogens is 1. The maximum Gasteiger partial charge on any atom is 0.343 e. The van der Waals surface area contributed by atoms with E-state index in [4.69, 9.17) is 0 Å². The van der Waals surface area contributed by atoms with Gasteiger partial charge in [0.25, 0.3) is 0 Å². The Morgan fingerprint density at radius 1 is 1.30 bits per heavy atom. The highest BCUT2D eigenvalue weighted by Gasteiger charge is 2.29. The Bertz CT molecular complexity index is 841. The number of aromatic amines is 1. The smallest absolute Gasteiger partial charge is 0.343 e. The van der Waals surface area contributed by atoms with Crippen LogP contribution in [0.25, 0.3) is 0 Å². The molecule has 0 aliphatic carbocycles. The van der Waals surface area contributed by atoms with Gasteiger partial charge in [-0.05, 0) is 51.7 Å². The largest absolute Gasteiger partial charge is 0.373 e. The zero-order chi connectivity index (χ0) is 19.6. The van der Waals surface area contributed by atoms with Gasteiger partial charge in [0.1, 0.15) is 11.9 Å². The fourth-order valence-corrected chi connectivity index (χ4v) is 3.90. The summed E-state index contributed by atoms with van der Waals surface area (Å²) in [5.74, 6) is 1.15. The fraction of sp³-hybridized carbons (Fsp3) is 0.550. The second-order valence-corrected chi connectivity index (χ2v) is 7.36. The lowest BCUT2D eigenvalue weighted by molar-refractivity contribution is -0.132. The lowest BCUT2D eigenvalue weighted by atomic mass is 9.95. The van der Waals surface area contributed by atoms with Crippen LogP contribution in [0.4, 0.5) is 5.69 Å². The van der Waals surface area contributed by atoms with Gasteiger partial charge >= 0.3 is 5.69 Å². The van der Waals surface area contributed by atoms with Crippen molar-refractivity contribution in [3.63, 3.8) is 0 Å². The number of carbonyl (C=O) groups excluding carboxylic acids is 1. The maximum atomic E-state index is 12.9. The standard InChI is InChI=1S/C20H29N5O2/c1-5-25-18(22-23-20(25)27)16-9-11-24(12-10-16)19(26)15(4)21-17-13(2)7-6-8-14(17)3/h6-8,15-16,21H,5,9-12H2,1-4H3,(H,23,27)/t15-/m0/s1. The Hall–Kier alpha value is -2.57. The molecule has 7 nitrogen and oxygen atoms in total. The van der Waals surface area contributed by atoms with Crippen LogP contribution in [-0.4, -0.2) is 44.7 Å². The van der Waals surface area contributed by atoms with Crippen molar-refractivity contribution < 1.29 is 4.79 Å². The number of rotatable bonds is 5. The molecule has 2 heterocycles. The van der Waals surface area contributed by atoms with Crippen molar-refractivity contribution in [3.8, 4) is 0 Å². The van der Waals surface area contributed by atoms with Crippen LogP contribution in [0.5, 0.6) is 0 Å². The summed E-state index contributed by atoms with van der Waals surface area (Å²) in [6.45, 7) is 9.95. The number of para-hydroxylation sites is 1. The first kappa shape index (κ1) is 19.2. The molecule has 7 heteroatoms. The number of benzene rings is 1. The van der Waals surface area contributed by atoms with E-state index in [2.05, 4.69) is 41.5 Å². The number of piperidine rings is 1. The van der Waals surface area contributed by atoms with Gasteiger partial charge in [-0.2, -0.15) is 5.10 Å². The number of aromatic nitrogens is 3. The van der Waals surface area contributed by atoms with Gasteiger partial charge in [0, 0.05) is 31.2 Å². The van der Waals surface area contributed by atoms with Gasteiger partial charge in [-0.3, -0.25) is 9.36 Å². The number of hydrogen-bond donors (Lipinski definition) is 2. The predicted octanol–water partition coefficient (Wildman–Crippen LogP) is 2.41. The van der Waals surface area contributed by atoms with Gasteiger partial charge in [0.15, 0.2) is 0 Å². The number of anilines is 1. The topological polar surface area (TPSA) is 83.0 Å². The number of nitrogens with zero attached hydrogens (tertiary/aromatic N) is 3. The monoisotopic (exact) mass is 371 g/mol. The summed E-state index contributed by atoms with van der Waals surface area (Å²) < 4.78 is 1.69. The third-order valence-corrected chi connectivity index (χ3v) is 5.49. The molecule has 1 aromatic heterocycles. The lowest BCUT2D eigenvalue weighted by Gasteiger charge is -2.33. The minimum atomic E-state index is -0.277. The van der Waals surface area contributed by atoms with Crippen molar-refractivity contribution >= 4 is 11.6 Å². The van der Waals surface area contributed by atoms with Crippen LogP contribution in [0.1, 0.15) is 49.6 Å². The normalized spacial score (nSPS) is 16.4. The zero-order valence-corrected chi connectivity index (χ0v) is 16.6. The van der Waals surface area contributed by atoms with Crippen molar-refractivity contribution in [1.29, 1.82) is 0 Å². The van der Waals surface area contributed by atoms with Gasteiger partial charge in [0.2, 0.25) is 5.91 Å². The van der Waals surface area contributed by atoms with E-state index in [1.165, 1.54) is 0 Å². The van der Waals surface area contributed by atoms with Crippen molar-refractivity contribution in [1.82, 2.24) is 19.7 Å². The molecule has 0 unspecified atom stereocenters. The average molecular weight is 371 g/mol. The molecule has 2 N–H and O–H groups in total. The Labute approximate surface area is 159 Å². The van der Waals surface area contributed by atoms with Crippen molar-refractivity contribution in [2.75, 3.05) is 18.4 Å². The van der Waals surface area contributed by atoms with E-state index in [0.717, 1.165) is 35.5 Å². The van der Waals surface area contributed by atoms with Crippen LogP contribution >= 0.6 is 0 Å². The molecule has 0 bridgehead atoms. The Morgan fingerprint density at radius 2 is 1.93 bits per heavy atom. The number of hydrogen-bond acceptors (Lipinski definition) is 4. The molecule has 3 rings (SSSR count). The first-order valence-electron chi connectivity index (χ1n) is 9.69. The third-order valence-electron chi connectivity index (χ3n) is 5.49. The molecule has 1 amide bonds. The molecule has 0 radical (unpaired) electrons. The number of likely N-dealkylation sites (tertiary alicyclic amines) is 1. The van der Waals surface area contributed by atoms with E-state index in [0.29, 0.717) is 19.6 Å². The Kier molecular flexibility index (Phi) is 5.68. The van der Waals surface area contributed by atoms with Crippen LogP contribution in [-0.2, 0) is 11.3 Å². The molecule has 1 aliphatic rings. The van der Waals surface area contributed by atoms with Crippen LogP contribution in [0.2, 0.25) is 0 Å². The molecule has 1 aliphatic heterocycles. The number of amides is 1. The lowest BCUT2D eigenvalue weighted by Crippen LogP contribution is -2.45. The van der Waals surface area contributed by atoms with Gasteiger partial charge in [-0.25, -0.2) is 9.89 Å². The summed E-state index contributed by atoms with van der Waals surface area (Å²) in [6, 6.07) is 5.85. The summed E-state index contributed by atoms with van der Waals surface area (Å²) in [5.41, 5.74) is 3.17. The van der Waals surface area contributed by atoms with Gasteiger partial charge in [-0.1, -0.05) is 18.2 Å². The summed E-state index contributed by atoms with van der Waals surface area (Å²) in [5, 5.41) is 10.1. The van der Waals surface area contributed by atoms with Crippen molar-refractivity contribution in [2.45, 2.75) is 59.0 Å². The molecule has 27 heavy (non-hydrogen) atoms. The third kappa shape index (κ3) is 3.91. The minimum Gasteiger partial charge on any atom is -0.373 e. The SMILES string of the molecule is CCn1c(C2CCN(C(=O)[C@H](C)Nc3c(C)cccc3C)CC2)n[nH]c1=O. The highest BCUT2D eigenvalue weighted by atomic mass is 16.2. The quantitative estimate of drug-likeness (QED) is 0.845. The minimum absolute atomic E-state index is 0.117. The molecule has 1 fully saturated rings. The van der Waals surface area contributed by atoms with Crippen molar-refractivity contribution in [3.05, 3.63) is 45.6 Å². The summed E-state index contributed by atoms with van der Waals surface area (Å²) in [7, 11) is 0. The second kappa shape index (κ2) is 7.98. The summed E-state index contributed by atoms with van der Waals surface area (Å²) in [6.07, 6.45) is 1.65. The Morgan fingerprint density at radius 3 is 2.52 bits per heavy atom. The van der Waals surface area contributed by atoms with Crippen LogP contribution in [0, 0.1) is 13.8 Å². The molecular weight excluding hydrogens is 342 g/mol. The molecular formula is C20H29N5O2. The molecule has 0 saturated carbocycles. The number of aryl methyl sites for hydroxylation is 2. The number of carbonyl (C=O) groups is 1. The van der Waals surface area contributed by atoms with Gasteiger partial charge in [-0.15, -0.1) is 0 Å². The van der Waals surface area contributed by atoms with Crippen LogP contribution in [0.3, 0.4) is 0 Å². The van der Waals surface area contributed by atoms with Crippen LogP contribution < -0.4 is 11.0 Å². The fourth-order valence-electron chi connectivity index (χ4n) is 3.90. The first-order chi connectivity index (χ1) is 12.9. The molecule has 1 aromatic carbocycles. The van der Waals surface area contributed by atoms with Gasteiger partial charge in [0.05, 0.1) is 0 Å². The van der Waals surface area contributed by atoms with E-state index in [-0.39, 0.29) is 23.6 Å².